The van der Waals surface area contributed by atoms with Crippen molar-refractivity contribution in [3.63, 3.8) is 0 Å². The van der Waals surface area contributed by atoms with Crippen molar-refractivity contribution < 1.29 is 9.53 Å². The Morgan fingerprint density at radius 2 is 2.06 bits per heavy atom. The Balaban J connectivity index is 2.09. The molecule has 1 aliphatic carbocycles. The summed E-state index contributed by atoms with van der Waals surface area (Å²) in [6, 6.07) is 9.50. The number of methoxy groups -OCH3 is 1. The normalized spacial score (nSPS) is 20.1. The van der Waals surface area contributed by atoms with Crippen LogP contribution in [0.4, 0.5) is 0 Å². The zero-order valence-corrected chi connectivity index (χ0v) is 9.48. The molecule has 0 bridgehead atoms. The highest BCUT2D eigenvalue weighted by Crippen LogP contribution is 2.27. The number of hydrogen-bond donors (Lipinski definition) is 0. The number of ketones is 1. The molecule has 0 aromatic heterocycles. The summed E-state index contributed by atoms with van der Waals surface area (Å²) in [5.41, 5.74) is 0.810. The highest BCUT2D eigenvalue weighted by Gasteiger charge is 2.23. The van der Waals surface area contributed by atoms with Crippen LogP contribution in [-0.2, 0) is 4.74 Å². The summed E-state index contributed by atoms with van der Waals surface area (Å²) < 4.78 is 5.22. The molecule has 0 saturated heterocycles. The molecule has 2 heteroatoms. The molecule has 1 aromatic carbocycles. The van der Waals surface area contributed by atoms with E-state index in [-0.39, 0.29) is 11.7 Å². The molecule has 1 aromatic rings. The second-order valence-electron chi connectivity index (χ2n) is 4.08. The molecule has 0 aliphatic heterocycles. The number of allylic oxidation sites excluding steroid dienone is 2. The first-order chi connectivity index (χ1) is 7.81. The van der Waals surface area contributed by atoms with E-state index < -0.39 is 0 Å². The Labute approximate surface area is 95.9 Å². The Morgan fingerprint density at radius 3 is 2.75 bits per heavy atom. The fourth-order valence-corrected chi connectivity index (χ4v) is 2.10. The van der Waals surface area contributed by atoms with Gasteiger partial charge in [-0.1, -0.05) is 30.3 Å². The number of carbonyl (C=O) groups is 1. The van der Waals surface area contributed by atoms with Gasteiger partial charge in [0.1, 0.15) is 0 Å². The van der Waals surface area contributed by atoms with E-state index in [9.17, 15) is 4.79 Å². The maximum Gasteiger partial charge on any atom is 0.166 e. The Morgan fingerprint density at radius 1 is 1.31 bits per heavy atom. The van der Waals surface area contributed by atoms with Crippen molar-refractivity contribution in [3.8, 4) is 0 Å². The van der Waals surface area contributed by atoms with Crippen LogP contribution in [0.3, 0.4) is 0 Å². The summed E-state index contributed by atoms with van der Waals surface area (Å²) in [6.07, 6.45) is 4.69. The monoisotopic (exact) mass is 216 g/mol. The number of Topliss-reactive ketones (excluding diaryl/α,β-unsaturated/α-hetero) is 1. The third-order valence-corrected chi connectivity index (χ3v) is 3.03. The SMILES string of the molecule is COC1=CCCC(C(=O)c2ccccc2)C1. The van der Waals surface area contributed by atoms with Crippen molar-refractivity contribution in [1.82, 2.24) is 0 Å². The van der Waals surface area contributed by atoms with E-state index in [2.05, 4.69) is 6.08 Å². The van der Waals surface area contributed by atoms with Crippen LogP contribution < -0.4 is 0 Å². The van der Waals surface area contributed by atoms with Gasteiger partial charge >= 0.3 is 0 Å². The molecule has 0 spiro atoms. The molecule has 0 N–H and O–H groups in total. The standard InChI is InChI=1S/C14H16O2/c1-16-13-9-5-8-12(10-13)14(15)11-6-3-2-4-7-11/h2-4,6-7,9,12H,5,8,10H2,1H3. The lowest BCUT2D eigenvalue weighted by Gasteiger charge is -2.20. The van der Waals surface area contributed by atoms with Crippen molar-refractivity contribution in [1.29, 1.82) is 0 Å². The molecular weight excluding hydrogens is 200 g/mol. The molecule has 2 nitrogen and oxygen atoms in total. The van der Waals surface area contributed by atoms with E-state index in [1.54, 1.807) is 7.11 Å². The number of carbonyl (C=O) groups excluding carboxylic acids is 1. The minimum atomic E-state index is 0.0855. The van der Waals surface area contributed by atoms with Crippen molar-refractivity contribution in [3.05, 3.63) is 47.7 Å². The first-order valence-corrected chi connectivity index (χ1v) is 5.63. The van der Waals surface area contributed by atoms with Gasteiger partial charge < -0.3 is 4.74 Å². The summed E-state index contributed by atoms with van der Waals surface area (Å²) in [4.78, 5) is 12.2. The van der Waals surface area contributed by atoms with Gasteiger partial charge in [-0.15, -0.1) is 0 Å². The largest absolute Gasteiger partial charge is 0.501 e. The van der Waals surface area contributed by atoms with Crippen LogP contribution in [0, 0.1) is 5.92 Å². The average Bonchev–Trinajstić information content (AvgIpc) is 2.39. The van der Waals surface area contributed by atoms with Crippen LogP contribution in [-0.4, -0.2) is 12.9 Å². The quantitative estimate of drug-likeness (QED) is 0.725. The lowest BCUT2D eigenvalue weighted by atomic mass is 9.86. The summed E-state index contributed by atoms with van der Waals surface area (Å²) in [5, 5.41) is 0. The van der Waals surface area contributed by atoms with Crippen LogP contribution in [0.1, 0.15) is 29.6 Å². The topological polar surface area (TPSA) is 26.3 Å². The van der Waals surface area contributed by atoms with Crippen molar-refractivity contribution in [2.45, 2.75) is 19.3 Å². The molecule has 2 rings (SSSR count). The fraction of sp³-hybridized carbons (Fsp3) is 0.357. The molecule has 0 heterocycles. The highest BCUT2D eigenvalue weighted by atomic mass is 16.5. The minimum Gasteiger partial charge on any atom is -0.501 e. The van der Waals surface area contributed by atoms with Gasteiger partial charge in [0, 0.05) is 17.9 Å². The number of rotatable bonds is 3. The third kappa shape index (κ3) is 2.32. The first kappa shape index (κ1) is 10.9. The lowest BCUT2D eigenvalue weighted by molar-refractivity contribution is 0.0892. The molecule has 0 amide bonds. The molecule has 1 aliphatic rings. The molecule has 0 radical (unpaired) electrons. The summed E-state index contributed by atoms with van der Waals surface area (Å²) in [6.45, 7) is 0. The van der Waals surface area contributed by atoms with E-state index in [4.69, 9.17) is 4.74 Å². The molecule has 16 heavy (non-hydrogen) atoms. The highest BCUT2D eigenvalue weighted by molar-refractivity contribution is 5.98. The van der Waals surface area contributed by atoms with E-state index in [0.29, 0.717) is 0 Å². The number of benzene rings is 1. The summed E-state index contributed by atoms with van der Waals surface area (Å²) in [5.74, 6) is 1.27. The zero-order valence-electron chi connectivity index (χ0n) is 9.48. The number of hydrogen-bond acceptors (Lipinski definition) is 2. The van der Waals surface area contributed by atoms with Crippen LogP contribution in [0.15, 0.2) is 42.2 Å². The van der Waals surface area contributed by atoms with E-state index in [1.807, 2.05) is 30.3 Å². The lowest BCUT2D eigenvalue weighted by Crippen LogP contribution is -2.18. The second-order valence-corrected chi connectivity index (χ2v) is 4.08. The van der Waals surface area contributed by atoms with Crippen LogP contribution >= 0.6 is 0 Å². The Kier molecular flexibility index (Phi) is 3.40. The smallest absolute Gasteiger partial charge is 0.166 e. The molecular formula is C14H16O2. The van der Waals surface area contributed by atoms with Gasteiger partial charge in [-0.3, -0.25) is 4.79 Å². The Hall–Kier alpha value is -1.57. The van der Waals surface area contributed by atoms with E-state index in [0.717, 1.165) is 30.6 Å². The Bertz CT molecular complexity index is 392. The van der Waals surface area contributed by atoms with Crippen LogP contribution in [0.2, 0.25) is 0 Å². The second kappa shape index (κ2) is 4.97. The van der Waals surface area contributed by atoms with Gasteiger partial charge in [0.05, 0.1) is 12.9 Å². The van der Waals surface area contributed by atoms with E-state index in [1.165, 1.54) is 0 Å². The maximum atomic E-state index is 12.2. The van der Waals surface area contributed by atoms with Crippen molar-refractivity contribution >= 4 is 5.78 Å². The van der Waals surface area contributed by atoms with Crippen molar-refractivity contribution in [2.75, 3.05) is 7.11 Å². The van der Waals surface area contributed by atoms with E-state index >= 15 is 0 Å². The molecule has 84 valence electrons. The summed E-state index contributed by atoms with van der Waals surface area (Å²) in [7, 11) is 1.67. The molecule has 1 atom stereocenters. The van der Waals surface area contributed by atoms with Gasteiger partial charge in [-0.05, 0) is 18.9 Å². The molecule has 0 fully saturated rings. The number of ether oxygens (including phenoxy) is 1. The van der Waals surface area contributed by atoms with Gasteiger partial charge in [-0.25, -0.2) is 0 Å². The average molecular weight is 216 g/mol. The predicted octanol–water partition coefficient (Wildman–Crippen LogP) is 3.20. The maximum absolute atomic E-state index is 12.2. The first-order valence-electron chi connectivity index (χ1n) is 5.63. The fourth-order valence-electron chi connectivity index (χ4n) is 2.10. The van der Waals surface area contributed by atoms with Crippen LogP contribution in [0.5, 0.6) is 0 Å². The molecule has 1 unspecified atom stereocenters. The zero-order chi connectivity index (χ0) is 11.4. The van der Waals surface area contributed by atoms with Crippen LogP contribution in [0.25, 0.3) is 0 Å². The summed E-state index contributed by atoms with van der Waals surface area (Å²) >= 11 is 0. The van der Waals surface area contributed by atoms with Gasteiger partial charge in [0.2, 0.25) is 0 Å². The predicted molar refractivity (Wildman–Crippen MR) is 63.2 cm³/mol. The van der Waals surface area contributed by atoms with Gasteiger partial charge in [0.15, 0.2) is 5.78 Å². The molecule has 0 saturated carbocycles. The van der Waals surface area contributed by atoms with Crippen molar-refractivity contribution in [2.24, 2.45) is 5.92 Å². The van der Waals surface area contributed by atoms with Gasteiger partial charge in [-0.2, -0.15) is 0 Å². The third-order valence-electron chi connectivity index (χ3n) is 3.03. The minimum absolute atomic E-state index is 0.0855. The van der Waals surface area contributed by atoms with Gasteiger partial charge in [0.25, 0.3) is 0 Å².